The number of hydrogen-bond donors (Lipinski definition) is 1. The van der Waals surface area contributed by atoms with Crippen molar-refractivity contribution in [2.45, 2.75) is 50.4 Å². The van der Waals surface area contributed by atoms with E-state index in [2.05, 4.69) is 36.5 Å². The van der Waals surface area contributed by atoms with Crippen LogP contribution in [0.1, 0.15) is 49.3 Å². The Morgan fingerprint density at radius 1 is 1.30 bits per heavy atom. The Kier molecular flexibility index (Phi) is 4.39. The first-order chi connectivity index (χ1) is 9.79. The molecule has 0 radical (unpaired) electrons. The van der Waals surface area contributed by atoms with E-state index in [1.165, 1.54) is 17.5 Å². The molecule has 4 atom stereocenters. The van der Waals surface area contributed by atoms with Gasteiger partial charge in [-0.25, -0.2) is 0 Å². The van der Waals surface area contributed by atoms with Gasteiger partial charge in [0.25, 0.3) is 0 Å². The largest absolute Gasteiger partial charge is 0.376 e. The van der Waals surface area contributed by atoms with E-state index in [0.29, 0.717) is 18.1 Å². The summed E-state index contributed by atoms with van der Waals surface area (Å²) >= 11 is 0. The van der Waals surface area contributed by atoms with Gasteiger partial charge >= 0.3 is 0 Å². The van der Waals surface area contributed by atoms with Crippen molar-refractivity contribution < 1.29 is 9.47 Å². The van der Waals surface area contributed by atoms with Crippen molar-refractivity contribution in [3.63, 3.8) is 0 Å². The van der Waals surface area contributed by atoms with Crippen LogP contribution in [0.2, 0.25) is 0 Å². The second-order valence-corrected chi connectivity index (χ2v) is 6.04. The van der Waals surface area contributed by atoms with Crippen LogP contribution < -0.4 is 5.32 Å². The summed E-state index contributed by atoms with van der Waals surface area (Å²) in [5.41, 5.74) is 2.86. The van der Waals surface area contributed by atoms with Gasteiger partial charge < -0.3 is 14.8 Å². The van der Waals surface area contributed by atoms with Gasteiger partial charge in [-0.15, -0.1) is 0 Å². The molecular weight excluding hydrogens is 250 g/mol. The molecule has 0 bridgehead atoms. The molecule has 1 aromatic rings. The zero-order chi connectivity index (χ0) is 13.9. The third-order valence-electron chi connectivity index (χ3n) is 4.65. The first-order valence-electron chi connectivity index (χ1n) is 7.79. The van der Waals surface area contributed by atoms with Gasteiger partial charge in [0.05, 0.1) is 24.9 Å². The van der Waals surface area contributed by atoms with Crippen LogP contribution in [0.5, 0.6) is 0 Å². The van der Waals surface area contributed by atoms with E-state index in [4.69, 9.17) is 9.47 Å². The smallest absolute Gasteiger partial charge is 0.0809 e. The Labute approximate surface area is 121 Å². The van der Waals surface area contributed by atoms with Gasteiger partial charge in [0.2, 0.25) is 0 Å². The van der Waals surface area contributed by atoms with Crippen LogP contribution in [0.15, 0.2) is 24.3 Å². The second-order valence-electron chi connectivity index (χ2n) is 6.04. The zero-order valence-electron chi connectivity index (χ0n) is 12.5. The number of ether oxygens (including phenoxy) is 2. The van der Waals surface area contributed by atoms with Gasteiger partial charge in [-0.2, -0.15) is 0 Å². The van der Waals surface area contributed by atoms with Crippen molar-refractivity contribution in [1.29, 1.82) is 0 Å². The molecular formula is C17H25NO2. The third-order valence-corrected chi connectivity index (χ3v) is 4.65. The predicted octanol–water partition coefficient (Wildman–Crippen LogP) is 3.02. The van der Waals surface area contributed by atoms with Crippen molar-refractivity contribution in [2.24, 2.45) is 0 Å². The standard InChI is InChI=1S/C17H25NO2/c1-12-10-16(20-11-13-6-5-9-19-13)17(18-2)15-8-4-3-7-14(12)15/h3-4,7-8,12-13,16-18H,5-6,9-11H2,1-2H3. The molecule has 2 aliphatic rings. The van der Waals surface area contributed by atoms with Crippen LogP contribution in [0.3, 0.4) is 0 Å². The second kappa shape index (κ2) is 6.25. The first-order valence-corrected chi connectivity index (χ1v) is 7.79. The highest BCUT2D eigenvalue weighted by atomic mass is 16.5. The lowest BCUT2D eigenvalue weighted by Gasteiger charge is -2.37. The molecule has 0 saturated carbocycles. The molecule has 3 rings (SSSR count). The summed E-state index contributed by atoms with van der Waals surface area (Å²) in [5, 5.41) is 3.44. The molecule has 1 N–H and O–H groups in total. The number of rotatable bonds is 4. The quantitative estimate of drug-likeness (QED) is 0.916. The molecule has 1 aromatic carbocycles. The molecule has 1 heterocycles. The minimum Gasteiger partial charge on any atom is -0.376 e. The van der Waals surface area contributed by atoms with E-state index >= 15 is 0 Å². The molecule has 20 heavy (non-hydrogen) atoms. The van der Waals surface area contributed by atoms with Crippen LogP contribution >= 0.6 is 0 Å². The average molecular weight is 275 g/mol. The molecule has 0 aromatic heterocycles. The number of nitrogens with one attached hydrogen (secondary N) is 1. The molecule has 1 aliphatic carbocycles. The fraction of sp³-hybridized carbons (Fsp3) is 0.647. The maximum atomic E-state index is 6.21. The summed E-state index contributed by atoms with van der Waals surface area (Å²) < 4.78 is 11.9. The lowest BCUT2D eigenvalue weighted by atomic mass is 9.79. The highest BCUT2D eigenvalue weighted by molar-refractivity contribution is 5.36. The van der Waals surface area contributed by atoms with Crippen LogP contribution in [0.4, 0.5) is 0 Å². The van der Waals surface area contributed by atoms with Crippen LogP contribution in [-0.4, -0.2) is 32.5 Å². The molecule has 1 aliphatic heterocycles. The predicted molar refractivity (Wildman–Crippen MR) is 80.0 cm³/mol. The van der Waals surface area contributed by atoms with Crippen molar-refractivity contribution in [2.75, 3.05) is 20.3 Å². The van der Waals surface area contributed by atoms with Gasteiger partial charge in [0.1, 0.15) is 0 Å². The Morgan fingerprint density at radius 2 is 2.10 bits per heavy atom. The van der Waals surface area contributed by atoms with E-state index in [1.54, 1.807) is 0 Å². The minimum absolute atomic E-state index is 0.245. The minimum atomic E-state index is 0.245. The van der Waals surface area contributed by atoms with Gasteiger partial charge in [-0.1, -0.05) is 31.2 Å². The number of hydrogen-bond acceptors (Lipinski definition) is 3. The molecule has 1 saturated heterocycles. The fourth-order valence-electron chi connectivity index (χ4n) is 3.57. The summed E-state index contributed by atoms with van der Waals surface area (Å²) in [4.78, 5) is 0. The number of fused-ring (bicyclic) bond motifs is 1. The van der Waals surface area contributed by atoms with Gasteiger partial charge in [-0.05, 0) is 43.4 Å². The van der Waals surface area contributed by atoms with Crippen LogP contribution in [-0.2, 0) is 9.47 Å². The molecule has 3 heteroatoms. The van der Waals surface area contributed by atoms with Crippen molar-refractivity contribution in [3.8, 4) is 0 Å². The maximum Gasteiger partial charge on any atom is 0.0809 e. The van der Waals surface area contributed by atoms with Crippen molar-refractivity contribution >= 4 is 0 Å². The van der Waals surface area contributed by atoms with E-state index in [0.717, 1.165) is 26.1 Å². The monoisotopic (exact) mass is 275 g/mol. The molecule has 110 valence electrons. The van der Waals surface area contributed by atoms with Gasteiger partial charge in [-0.3, -0.25) is 0 Å². The normalized spacial score (nSPS) is 33.1. The van der Waals surface area contributed by atoms with Gasteiger partial charge in [0, 0.05) is 6.61 Å². The SMILES string of the molecule is CNC1c2ccccc2C(C)CC1OCC1CCCO1. The highest BCUT2D eigenvalue weighted by Crippen LogP contribution is 2.38. The molecule has 1 fully saturated rings. The lowest BCUT2D eigenvalue weighted by Crippen LogP contribution is -2.38. The summed E-state index contributed by atoms with van der Waals surface area (Å²) in [6.07, 6.45) is 3.94. The van der Waals surface area contributed by atoms with Crippen LogP contribution in [0.25, 0.3) is 0 Å². The topological polar surface area (TPSA) is 30.5 Å². The highest BCUT2D eigenvalue weighted by Gasteiger charge is 2.33. The number of likely N-dealkylation sites (N-methyl/N-ethyl adjacent to an activating group) is 1. The summed E-state index contributed by atoms with van der Waals surface area (Å²) in [7, 11) is 2.03. The summed E-state index contributed by atoms with van der Waals surface area (Å²) in [5.74, 6) is 0.560. The molecule has 0 amide bonds. The molecule has 0 spiro atoms. The maximum absolute atomic E-state index is 6.21. The van der Waals surface area contributed by atoms with Crippen molar-refractivity contribution in [3.05, 3.63) is 35.4 Å². The van der Waals surface area contributed by atoms with E-state index < -0.39 is 0 Å². The third kappa shape index (κ3) is 2.76. The Balaban J connectivity index is 1.71. The average Bonchev–Trinajstić information content (AvgIpc) is 2.99. The van der Waals surface area contributed by atoms with E-state index in [-0.39, 0.29) is 6.10 Å². The summed E-state index contributed by atoms with van der Waals surface area (Å²) in [6.45, 7) is 3.93. The van der Waals surface area contributed by atoms with Crippen LogP contribution in [0, 0.1) is 0 Å². The van der Waals surface area contributed by atoms with Gasteiger partial charge in [0.15, 0.2) is 0 Å². The van der Waals surface area contributed by atoms with E-state index in [9.17, 15) is 0 Å². The lowest BCUT2D eigenvalue weighted by molar-refractivity contribution is -0.0415. The Morgan fingerprint density at radius 3 is 2.80 bits per heavy atom. The van der Waals surface area contributed by atoms with E-state index in [1.807, 2.05) is 7.05 Å². The molecule has 4 unspecified atom stereocenters. The first kappa shape index (κ1) is 14.1. The zero-order valence-corrected chi connectivity index (χ0v) is 12.5. The number of benzene rings is 1. The fourth-order valence-corrected chi connectivity index (χ4v) is 3.57. The Hall–Kier alpha value is -0.900. The Bertz CT molecular complexity index is 442. The molecule has 3 nitrogen and oxygen atoms in total. The van der Waals surface area contributed by atoms with Crippen molar-refractivity contribution in [1.82, 2.24) is 5.32 Å². The summed E-state index contributed by atoms with van der Waals surface area (Å²) in [6, 6.07) is 9.03.